The number of carbonyl (C=O) groups is 1. The molecule has 0 unspecified atom stereocenters. The van der Waals surface area contributed by atoms with E-state index in [1.165, 1.54) is 10.9 Å². The number of benzene rings is 1. The van der Waals surface area contributed by atoms with Gasteiger partial charge in [-0.2, -0.15) is 10.4 Å². The summed E-state index contributed by atoms with van der Waals surface area (Å²) in [6.45, 7) is 8.12. The Bertz CT molecular complexity index is 817. The van der Waals surface area contributed by atoms with E-state index >= 15 is 0 Å². The maximum atomic E-state index is 12.1. The van der Waals surface area contributed by atoms with Gasteiger partial charge in [-0.3, -0.25) is 4.79 Å². The molecule has 6 heteroatoms. The van der Waals surface area contributed by atoms with E-state index in [1.807, 2.05) is 13.0 Å². The van der Waals surface area contributed by atoms with Gasteiger partial charge in [0.2, 0.25) is 5.91 Å². The Kier molecular flexibility index (Phi) is 4.74. The molecule has 0 radical (unpaired) electrons. The zero-order chi connectivity index (χ0) is 17.9. The molecule has 124 valence electrons. The van der Waals surface area contributed by atoms with Crippen LogP contribution in [0, 0.1) is 16.7 Å². The van der Waals surface area contributed by atoms with Gasteiger partial charge in [-0.15, -0.1) is 0 Å². The maximum absolute atomic E-state index is 12.1. The molecule has 1 amide bonds. The number of nitrogens with one attached hydrogen (secondary N) is 1. The number of nitrogens with two attached hydrogens (primary N) is 1. The van der Waals surface area contributed by atoms with Crippen molar-refractivity contribution < 1.29 is 4.79 Å². The third-order valence-electron chi connectivity index (χ3n) is 3.84. The minimum Gasteiger partial charge on any atom is -0.382 e. The number of hydrogen-bond donors (Lipinski definition) is 2. The number of allylic oxidation sites excluding steroid dienone is 1. The number of nitrogen functional groups attached to an aromatic ring is 1. The van der Waals surface area contributed by atoms with Crippen molar-refractivity contribution in [1.29, 1.82) is 5.26 Å². The molecule has 0 saturated carbocycles. The lowest BCUT2D eigenvalue weighted by atomic mass is 9.87. The van der Waals surface area contributed by atoms with Gasteiger partial charge in [0.25, 0.3) is 0 Å². The summed E-state index contributed by atoms with van der Waals surface area (Å²) in [5.41, 5.74) is 8.54. The van der Waals surface area contributed by atoms with E-state index in [0.717, 1.165) is 5.57 Å². The summed E-state index contributed by atoms with van der Waals surface area (Å²) in [6.07, 6.45) is 3.03. The largest absolute Gasteiger partial charge is 0.382 e. The second kappa shape index (κ2) is 6.59. The van der Waals surface area contributed by atoms with Crippen LogP contribution in [0.2, 0.25) is 0 Å². The van der Waals surface area contributed by atoms with Gasteiger partial charge < -0.3 is 11.1 Å². The molecule has 1 aromatic heterocycles. The third kappa shape index (κ3) is 3.82. The first-order chi connectivity index (χ1) is 11.2. The highest BCUT2D eigenvalue weighted by molar-refractivity contribution is 5.99. The van der Waals surface area contributed by atoms with Crippen molar-refractivity contribution in [1.82, 2.24) is 9.78 Å². The topological polar surface area (TPSA) is 96.7 Å². The van der Waals surface area contributed by atoms with E-state index in [4.69, 9.17) is 11.0 Å². The Hall–Kier alpha value is -3.07. The van der Waals surface area contributed by atoms with Crippen LogP contribution < -0.4 is 11.1 Å². The zero-order valence-electron chi connectivity index (χ0n) is 14.3. The molecule has 2 rings (SSSR count). The van der Waals surface area contributed by atoms with Crippen LogP contribution in [0.4, 0.5) is 11.5 Å². The normalized spacial score (nSPS) is 11.9. The van der Waals surface area contributed by atoms with Crippen molar-refractivity contribution in [3.63, 3.8) is 0 Å². The minimum atomic E-state index is -0.166. The average molecular weight is 323 g/mol. The predicted molar refractivity (Wildman–Crippen MR) is 94.5 cm³/mol. The lowest BCUT2D eigenvalue weighted by Gasteiger charge is -2.19. The molecule has 0 aliphatic heterocycles. The SMILES string of the molecule is CC(=CC(=O)Nc1ccc(-n2ncc(C#N)c2N)cc1)C(C)(C)C. The molecule has 1 aromatic carbocycles. The van der Waals surface area contributed by atoms with Crippen molar-refractivity contribution in [2.75, 3.05) is 11.1 Å². The maximum Gasteiger partial charge on any atom is 0.248 e. The highest BCUT2D eigenvalue weighted by Crippen LogP contribution is 2.24. The van der Waals surface area contributed by atoms with Gasteiger partial charge in [0.15, 0.2) is 0 Å². The van der Waals surface area contributed by atoms with Crippen molar-refractivity contribution in [2.45, 2.75) is 27.7 Å². The molecule has 0 fully saturated rings. The second-order valence-corrected chi connectivity index (χ2v) is 6.58. The molecule has 1 heterocycles. The average Bonchev–Trinajstić information content (AvgIpc) is 2.88. The smallest absolute Gasteiger partial charge is 0.248 e. The molecule has 6 nitrogen and oxygen atoms in total. The first-order valence-electron chi connectivity index (χ1n) is 7.56. The highest BCUT2D eigenvalue weighted by Gasteiger charge is 2.14. The quantitative estimate of drug-likeness (QED) is 0.847. The second-order valence-electron chi connectivity index (χ2n) is 6.58. The Morgan fingerprint density at radius 2 is 1.96 bits per heavy atom. The standard InChI is InChI=1S/C18H21N5O/c1-12(18(2,3)4)9-16(24)22-14-5-7-15(8-6-14)23-17(20)13(10-19)11-21-23/h5-9,11H,20H2,1-4H3,(H,22,24). The van der Waals surface area contributed by atoms with Gasteiger partial charge >= 0.3 is 0 Å². The number of nitriles is 1. The summed E-state index contributed by atoms with van der Waals surface area (Å²) < 4.78 is 1.48. The number of hydrogen-bond acceptors (Lipinski definition) is 4. The van der Waals surface area contributed by atoms with Crippen LogP contribution in [0.5, 0.6) is 0 Å². The van der Waals surface area contributed by atoms with Crippen LogP contribution in [-0.2, 0) is 4.79 Å². The van der Waals surface area contributed by atoms with Gasteiger partial charge in [0.1, 0.15) is 17.5 Å². The van der Waals surface area contributed by atoms with Crippen LogP contribution >= 0.6 is 0 Å². The van der Waals surface area contributed by atoms with E-state index in [9.17, 15) is 4.79 Å². The van der Waals surface area contributed by atoms with E-state index in [0.29, 0.717) is 16.9 Å². The van der Waals surface area contributed by atoms with Crippen molar-refractivity contribution in [3.05, 3.63) is 47.7 Å². The summed E-state index contributed by atoms with van der Waals surface area (Å²) in [7, 11) is 0. The first-order valence-corrected chi connectivity index (χ1v) is 7.56. The lowest BCUT2D eigenvalue weighted by molar-refractivity contribution is -0.112. The predicted octanol–water partition coefficient (Wildman–Crippen LogP) is 3.26. The van der Waals surface area contributed by atoms with Gasteiger partial charge in [-0.05, 0) is 36.6 Å². The van der Waals surface area contributed by atoms with Crippen molar-refractivity contribution in [3.8, 4) is 11.8 Å². The molecule has 0 aliphatic rings. The summed E-state index contributed by atoms with van der Waals surface area (Å²) >= 11 is 0. The number of aromatic nitrogens is 2. The molecule has 0 atom stereocenters. The lowest BCUT2D eigenvalue weighted by Crippen LogP contribution is -2.13. The first kappa shape index (κ1) is 17.3. The van der Waals surface area contributed by atoms with Gasteiger partial charge in [-0.1, -0.05) is 26.3 Å². The third-order valence-corrected chi connectivity index (χ3v) is 3.84. The van der Waals surface area contributed by atoms with Crippen LogP contribution in [-0.4, -0.2) is 15.7 Å². The molecule has 24 heavy (non-hydrogen) atoms. The Labute approximate surface area is 141 Å². The van der Waals surface area contributed by atoms with Crippen LogP contribution in [0.3, 0.4) is 0 Å². The van der Waals surface area contributed by atoms with Crippen molar-refractivity contribution in [2.24, 2.45) is 5.41 Å². The molecule has 0 spiro atoms. The molecule has 2 aromatic rings. The Morgan fingerprint density at radius 1 is 1.33 bits per heavy atom. The number of carbonyl (C=O) groups excluding carboxylic acids is 1. The molecule has 0 aliphatic carbocycles. The molecular weight excluding hydrogens is 302 g/mol. The molecule has 3 N–H and O–H groups in total. The van der Waals surface area contributed by atoms with Crippen LogP contribution in [0.15, 0.2) is 42.1 Å². The fourth-order valence-electron chi connectivity index (χ4n) is 1.93. The van der Waals surface area contributed by atoms with Gasteiger partial charge in [0, 0.05) is 11.8 Å². The summed E-state index contributed by atoms with van der Waals surface area (Å²) in [6, 6.07) is 9.07. The Morgan fingerprint density at radius 3 is 2.46 bits per heavy atom. The number of nitrogens with zero attached hydrogens (tertiary/aromatic N) is 3. The fourth-order valence-corrected chi connectivity index (χ4v) is 1.93. The van der Waals surface area contributed by atoms with Crippen molar-refractivity contribution >= 4 is 17.4 Å². The molecule has 0 bridgehead atoms. The number of anilines is 2. The van der Waals surface area contributed by atoms with Gasteiger partial charge in [-0.25, -0.2) is 4.68 Å². The number of amides is 1. The minimum absolute atomic E-state index is 0.0444. The van der Waals surface area contributed by atoms with E-state index in [2.05, 4.69) is 31.2 Å². The summed E-state index contributed by atoms with van der Waals surface area (Å²) in [5.74, 6) is 0.124. The van der Waals surface area contributed by atoms with Crippen LogP contribution in [0.1, 0.15) is 33.3 Å². The molecule has 0 saturated heterocycles. The zero-order valence-corrected chi connectivity index (χ0v) is 14.3. The monoisotopic (exact) mass is 323 g/mol. The van der Waals surface area contributed by atoms with Crippen LogP contribution in [0.25, 0.3) is 5.69 Å². The number of rotatable bonds is 3. The summed E-state index contributed by atoms with van der Waals surface area (Å²) in [5, 5.41) is 15.8. The van der Waals surface area contributed by atoms with E-state index < -0.39 is 0 Å². The highest BCUT2D eigenvalue weighted by atomic mass is 16.1. The molecular formula is C18H21N5O. The van der Waals surface area contributed by atoms with Gasteiger partial charge in [0.05, 0.1) is 11.9 Å². The Balaban J connectivity index is 2.14. The van der Waals surface area contributed by atoms with E-state index in [-0.39, 0.29) is 17.1 Å². The summed E-state index contributed by atoms with van der Waals surface area (Å²) in [4.78, 5) is 12.1. The fraction of sp³-hybridized carbons (Fsp3) is 0.278. The van der Waals surface area contributed by atoms with E-state index in [1.54, 1.807) is 30.3 Å².